The normalized spacial score (nSPS) is 16.6. The van der Waals surface area contributed by atoms with Crippen molar-refractivity contribution in [3.05, 3.63) is 52.8 Å². The van der Waals surface area contributed by atoms with Gasteiger partial charge in [0.05, 0.1) is 16.6 Å². The third kappa shape index (κ3) is 5.01. The van der Waals surface area contributed by atoms with Crippen LogP contribution in [-0.4, -0.2) is 49.8 Å². The molecule has 0 saturated carbocycles. The fraction of sp³-hybridized carbons (Fsp3) is 0.429. The molecular weight excluding hydrogens is 432 g/mol. The minimum Gasteiger partial charge on any atom is -0.454 e. The van der Waals surface area contributed by atoms with Crippen molar-refractivity contribution in [3.63, 3.8) is 0 Å². The van der Waals surface area contributed by atoms with Crippen LogP contribution in [0.15, 0.2) is 35.2 Å². The van der Waals surface area contributed by atoms with E-state index in [0.29, 0.717) is 12.1 Å². The van der Waals surface area contributed by atoms with E-state index in [1.54, 1.807) is 6.07 Å². The molecule has 0 unspecified atom stereocenters. The van der Waals surface area contributed by atoms with Crippen molar-refractivity contribution in [2.24, 2.45) is 0 Å². The Bertz CT molecular complexity index is 1070. The molecule has 31 heavy (non-hydrogen) atoms. The van der Waals surface area contributed by atoms with Gasteiger partial charge in [-0.25, -0.2) is 13.2 Å². The van der Waals surface area contributed by atoms with Gasteiger partial charge in [-0.05, 0) is 57.0 Å². The van der Waals surface area contributed by atoms with Gasteiger partial charge < -0.3 is 14.0 Å². The Morgan fingerprint density at radius 3 is 2.48 bits per heavy atom. The lowest BCUT2D eigenvalue weighted by Crippen LogP contribution is -2.18. The highest BCUT2D eigenvalue weighted by Crippen LogP contribution is 2.21. The largest absolute Gasteiger partial charge is 0.454 e. The van der Waals surface area contributed by atoms with Gasteiger partial charge in [-0.2, -0.15) is 8.78 Å². The number of ketones is 1. The van der Waals surface area contributed by atoms with Crippen LogP contribution in [0.25, 0.3) is 0 Å². The Morgan fingerprint density at radius 1 is 1.23 bits per heavy atom. The maximum atomic E-state index is 12.6. The summed E-state index contributed by atoms with van der Waals surface area (Å²) in [5.74, 6) is -4.79. The van der Waals surface area contributed by atoms with Gasteiger partial charge in [0, 0.05) is 30.1 Å². The van der Waals surface area contributed by atoms with Gasteiger partial charge in [-0.1, -0.05) is 0 Å². The molecule has 0 amide bonds. The molecule has 0 bridgehead atoms. The van der Waals surface area contributed by atoms with Crippen molar-refractivity contribution in [2.75, 3.05) is 13.2 Å². The molecule has 2 heterocycles. The van der Waals surface area contributed by atoms with Gasteiger partial charge in [0.25, 0.3) is 0 Å². The van der Waals surface area contributed by atoms with Crippen molar-refractivity contribution in [2.45, 2.75) is 50.0 Å². The summed E-state index contributed by atoms with van der Waals surface area (Å²) >= 11 is 0. The average molecular weight is 455 g/mol. The smallest absolute Gasteiger partial charge is 0.341 e. The zero-order valence-corrected chi connectivity index (χ0v) is 18.0. The third-order valence-corrected chi connectivity index (χ3v) is 6.67. The van der Waals surface area contributed by atoms with E-state index in [-0.39, 0.29) is 17.5 Å². The molecule has 1 aliphatic rings. The molecule has 0 spiro atoms. The molecule has 1 aromatic heterocycles. The Balaban J connectivity index is 1.63. The highest BCUT2D eigenvalue weighted by molar-refractivity contribution is 7.91. The van der Waals surface area contributed by atoms with E-state index in [4.69, 9.17) is 9.47 Å². The number of hydrogen-bond donors (Lipinski definition) is 0. The summed E-state index contributed by atoms with van der Waals surface area (Å²) in [5.41, 5.74) is 2.06. The number of hydrogen-bond acceptors (Lipinski definition) is 6. The van der Waals surface area contributed by atoms with Gasteiger partial charge in [0.15, 0.2) is 6.61 Å². The fourth-order valence-corrected chi connectivity index (χ4v) is 4.25. The molecule has 168 valence electrons. The van der Waals surface area contributed by atoms with Crippen LogP contribution in [0.3, 0.4) is 0 Å². The number of benzene rings is 1. The van der Waals surface area contributed by atoms with E-state index < -0.39 is 33.1 Å². The van der Waals surface area contributed by atoms with Crippen LogP contribution < -0.4 is 0 Å². The molecule has 3 rings (SSSR count). The lowest BCUT2D eigenvalue weighted by molar-refractivity contribution is 0.0474. The topological polar surface area (TPSA) is 91.7 Å². The summed E-state index contributed by atoms with van der Waals surface area (Å²) in [5, 5.41) is 0. The summed E-state index contributed by atoms with van der Waals surface area (Å²) in [6.45, 7) is 4.60. The van der Waals surface area contributed by atoms with Gasteiger partial charge in [0.2, 0.25) is 15.6 Å². The zero-order chi connectivity index (χ0) is 22.8. The van der Waals surface area contributed by atoms with Crippen molar-refractivity contribution < 1.29 is 36.3 Å². The highest BCUT2D eigenvalue weighted by Gasteiger charge is 2.27. The second-order valence-electron chi connectivity index (χ2n) is 7.36. The molecule has 1 aliphatic heterocycles. The number of Topliss-reactive ketones (excluding diaryl/α,β-unsaturated/α-hetero) is 1. The quantitative estimate of drug-likeness (QED) is 0.448. The molecule has 2 aromatic rings. The molecule has 1 saturated heterocycles. The van der Waals surface area contributed by atoms with Crippen LogP contribution in [-0.2, 0) is 25.9 Å². The van der Waals surface area contributed by atoms with Crippen molar-refractivity contribution in [1.82, 2.24) is 4.57 Å². The summed E-state index contributed by atoms with van der Waals surface area (Å²) in [7, 11) is -4.75. The van der Waals surface area contributed by atoms with Crippen LogP contribution in [0.1, 0.15) is 44.9 Å². The van der Waals surface area contributed by atoms with Crippen LogP contribution in [0.2, 0.25) is 0 Å². The number of rotatable bonds is 8. The van der Waals surface area contributed by atoms with Gasteiger partial charge in [-0.3, -0.25) is 4.79 Å². The second kappa shape index (κ2) is 9.27. The first-order valence-electron chi connectivity index (χ1n) is 9.72. The maximum Gasteiger partial charge on any atom is 0.341 e. The number of halogens is 2. The zero-order valence-electron chi connectivity index (χ0n) is 17.1. The standard InChI is InChI=1S/C21H23F2NO6S/c1-13-10-18(14(2)24(13)11-16-4-3-9-29-16)19(25)12-30-20(26)15-5-7-17(8-6-15)31(27,28)21(22)23/h5-8,10,16,21H,3-4,9,11-12H2,1-2H3/t16-/m0/s1. The summed E-state index contributed by atoms with van der Waals surface area (Å²) in [4.78, 5) is 24.1. The number of alkyl halides is 2. The monoisotopic (exact) mass is 455 g/mol. The number of ether oxygens (including phenoxy) is 2. The van der Waals surface area contributed by atoms with Crippen LogP contribution in [0.4, 0.5) is 8.78 Å². The molecule has 10 heteroatoms. The summed E-state index contributed by atoms with van der Waals surface area (Å²) < 4.78 is 60.7. The Hall–Kier alpha value is -2.59. The minimum atomic E-state index is -4.75. The highest BCUT2D eigenvalue weighted by atomic mass is 32.2. The Labute approximate surface area is 178 Å². The molecule has 1 atom stereocenters. The first kappa shape index (κ1) is 23.1. The van der Waals surface area contributed by atoms with E-state index >= 15 is 0 Å². The number of aromatic nitrogens is 1. The van der Waals surface area contributed by atoms with Gasteiger partial charge in [-0.15, -0.1) is 0 Å². The number of aryl methyl sites for hydroxylation is 1. The lowest BCUT2D eigenvalue weighted by atomic mass is 10.1. The molecule has 1 aromatic carbocycles. The Morgan fingerprint density at radius 2 is 1.90 bits per heavy atom. The van der Waals surface area contributed by atoms with Crippen molar-refractivity contribution >= 4 is 21.6 Å². The molecule has 1 fully saturated rings. The van der Waals surface area contributed by atoms with E-state index in [0.717, 1.165) is 55.1 Å². The van der Waals surface area contributed by atoms with E-state index in [9.17, 15) is 26.8 Å². The first-order valence-corrected chi connectivity index (χ1v) is 11.3. The second-order valence-corrected chi connectivity index (χ2v) is 9.28. The molecule has 0 radical (unpaired) electrons. The van der Waals surface area contributed by atoms with Crippen molar-refractivity contribution in [3.8, 4) is 0 Å². The van der Waals surface area contributed by atoms with E-state index in [1.807, 2.05) is 18.4 Å². The Kier molecular flexibility index (Phi) is 6.90. The van der Waals surface area contributed by atoms with E-state index in [2.05, 4.69) is 0 Å². The number of sulfone groups is 1. The summed E-state index contributed by atoms with van der Waals surface area (Å²) in [6, 6.07) is 5.67. The van der Waals surface area contributed by atoms with Crippen LogP contribution in [0.5, 0.6) is 0 Å². The fourth-order valence-electron chi connectivity index (χ4n) is 3.53. The number of carbonyl (C=O) groups excluding carboxylic acids is 2. The molecule has 0 aliphatic carbocycles. The minimum absolute atomic E-state index is 0.0510. The predicted molar refractivity (Wildman–Crippen MR) is 107 cm³/mol. The third-order valence-electron chi connectivity index (χ3n) is 5.27. The molecule has 0 N–H and O–H groups in total. The SMILES string of the molecule is Cc1cc(C(=O)COC(=O)c2ccc(S(=O)(=O)C(F)F)cc2)c(C)n1C[C@@H]1CCCO1. The number of carbonyl (C=O) groups is 2. The molecular formula is C21H23F2NO6S. The maximum absolute atomic E-state index is 12.6. The number of nitrogens with zero attached hydrogens (tertiary/aromatic N) is 1. The lowest BCUT2D eigenvalue weighted by Gasteiger charge is -2.14. The van der Waals surface area contributed by atoms with Gasteiger partial charge in [0.1, 0.15) is 0 Å². The van der Waals surface area contributed by atoms with E-state index in [1.165, 1.54) is 0 Å². The summed E-state index contributed by atoms with van der Waals surface area (Å²) in [6.07, 6.45) is 2.10. The van der Waals surface area contributed by atoms with Crippen LogP contribution >= 0.6 is 0 Å². The number of esters is 1. The molecule has 7 nitrogen and oxygen atoms in total. The van der Waals surface area contributed by atoms with Crippen LogP contribution in [0, 0.1) is 13.8 Å². The average Bonchev–Trinajstić information content (AvgIpc) is 3.35. The van der Waals surface area contributed by atoms with Crippen molar-refractivity contribution in [1.29, 1.82) is 0 Å². The predicted octanol–water partition coefficient (Wildman–Crippen LogP) is 3.32. The van der Waals surface area contributed by atoms with Gasteiger partial charge >= 0.3 is 11.7 Å². The first-order chi connectivity index (χ1) is 14.6.